The molecule has 2 aromatic heterocycles. The van der Waals surface area contributed by atoms with Crippen molar-refractivity contribution in [1.29, 1.82) is 0 Å². The van der Waals surface area contributed by atoms with Gasteiger partial charge in [0.25, 0.3) is 0 Å². The van der Waals surface area contributed by atoms with E-state index in [0.29, 0.717) is 6.42 Å². The topological polar surface area (TPSA) is 66.3 Å². The van der Waals surface area contributed by atoms with Crippen LogP contribution in [0.3, 0.4) is 0 Å². The highest BCUT2D eigenvalue weighted by molar-refractivity contribution is 5.74. The lowest BCUT2D eigenvalue weighted by Gasteiger charge is -2.30. The average molecular weight is 311 g/mol. The number of hydrogen-bond donors (Lipinski definition) is 1. The van der Waals surface area contributed by atoms with Crippen molar-refractivity contribution in [1.82, 2.24) is 14.9 Å². The van der Waals surface area contributed by atoms with E-state index in [4.69, 9.17) is 0 Å². The highest BCUT2D eigenvalue weighted by atomic mass is 16.4. The van der Waals surface area contributed by atoms with Crippen LogP contribution in [0, 0.1) is 0 Å². The van der Waals surface area contributed by atoms with Gasteiger partial charge >= 0.3 is 5.97 Å². The third-order valence-electron chi connectivity index (χ3n) is 4.41. The molecule has 0 bridgehead atoms. The molecule has 0 saturated carbocycles. The number of carboxylic acids is 1. The molecule has 3 heterocycles. The third-order valence-corrected chi connectivity index (χ3v) is 4.41. The quantitative estimate of drug-likeness (QED) is 0.919. The lowest BCUT2D eigenvalue weighted by molar-refractivity contribution is -0.142. The van der Waals surface area contributed by atoms with E-state index in [9.17, 15) is 9.90 Å². The first-order chi connectivity index (χ1) is 11.2. The van der Waals surface area contributed by atoms with Crippen LogP contribution in [0.1, 0.15) is 42.8 Å². The van der Waals surface area contributed by atoms with Crippen molar-refractivity contribution in [2.45, 2.75) is 38.3 Å². The van der Waals surface area contributed by atoms with Crippen LogP contribution < -0.4 is 0 Å². The Labute approximate surface area is 136 Å². The van der Waals surface area contributed by atoms with Crippen LogP contribution in [-0.2, 0) is 11.2 Å². The Morgan fingerprint density at radius 3 is 2.74 bits per heavy atom. The molecule has 1 aliphatic heterocycles. The summed E-state index contributed by atoms with van der Waals surface area (Å²) in [6, 6.07) is 9.10. The van der Waals surface area contributed by atoms with Gasteiger partial charge in [0.05, 0.1) is 17.4 Å². The molecule has 2 unspecified atom stereocenters. The highest BCUT2D eigenvalue weighted by Gasteiger charge is 2.37. The Hall–Kier alpha value is -2.27. The van der Waals surface area contributed by atoms with Crippen LogP contribution >= 0.6 is 0 Å². The SMILES string of the molecule is CCc1ccc(C(c2ccccn2)N2CCCC2C(=O)O)nc1. The molecule has 120 valence electrons. The van der Waals surface area contributed by atoms with Crippen LogP contribution in [0.2, 0.25) is 0 Å². The molecule has 5 nitrogen and oxygen atoms in total. The number of nitrogens with zero attached hydrogens (tertiary/aromatic N) is 3. The number of aliphatic carboxylic acids is 1. The standard InChI is InChI=1S/C18H21N3O2/c1-2-13-8-9-15(20-12-13)17(14-6-3-4-10-19-14)21-11-5-7-16(21)18(22)23/h3-4,6,8-10,12,16-17H,2,5,7,11H2,1H3,(H,22,23). The fourth-order valence-corrected chi connectivity index (χ4v) is 3.20. The molecular weight excluding hydrogens is 290 g/mol. The zero-order valence-electron chi connectivity index (χ0n) is 13.2. The van der Waals surface area contributed by atoms with Gasteiger partial charge in [-0.1, -0.05) is 19.1 Å². The fourth-order valence-electron chi connectivity index (χ4n) is 3.20. The first kappa shape index (κ1) is 15.6. The maximum absolute atomic E-state index is 11.6. The van der Waals surface area contributed by atoms with Crippen molar-refractivity contribution in [2.75, 3.05) is 6.54 Å². The number of carbonyl (C=O) groups is 1. The number of aryl methyl sites for hydroxylation is 1. The summed E-state index contributed by atoms with van der Waals surface area (Å²) < 4.78 is 0. The fraction of sp³-hybridized carbons (Fsp3) is 0.389. The molecule has 1 aliphatic rings. The molecule has 2 aromatic rings. The lowest BCUT2D eigenvalue weighted by atomic mass is 10.0. The molecule has 0 spiro atoms. The maximum atomic E-state index is 11.6. The Morgan fingerprint density at radius 2 is 2.13 bits per heavy atom. The van der Waals surface area contributed by atoms with Gasteiger partial charge in [0, 0.05) is 18.9 Å². The molecule has 0 radical (unpaired) electrons. The summed E-state index contributed by atoms with van der Waals surface area (Å²) in [7, 11) is 0. The second-order valence-corrected chi connectivity index (χ2v) is 5.84. The normalized spacial score (nSPS) is 19.6. The van der Waals surface area contributed by atoms with E-state index in [-0.39, 0.29) is 6.04 Å². The van der Waals surface area contributed by atoms with Gasteiger partial charge in [-0.3, -0.25) is 19.7 Å². The predicted octanol–water partition coefficient (Wildman–Crippen LogP) is 2.68. The van der Waals surface area contributed by atoms with E-state index in [2.05, 4.69) is 23.0 Å². The summed E-state index contributed by atoms with van der Waals surface area (Å²) in [4.78, 5) is 22.7. The lowest BCUT2D eigenvalue weighted by Crippen LogP contribution is -2.39. The smallest absolute Gasteiger partial charge is 0.320 e. The minimum Gasteiger partial charge on any atom is -0.480 e. The van der Waals surface area contributed by atoms with E-state index in [1.807, 2.05) is 35.4 Å². The number of hydrogen-bond acceptors (Lipinski definition) is 4. The van der Waals surface area contributed by atoms with Gasteiger partial charge in [-0.2, -0.15) is 0 Å². The van der Waals surface area contributed by atoms with Gasteiger partial charge in [-0.15, -0.1) is 0 Å². The number of carboxylic acid groups (broad SMARTS) is 1. The van der Waals surface area contributed by atoms with Gasteiger partial charge < -0.3 is 5.11 Å². The van der Waals surface area contributed by atoms with Crippen LogP contribution in [0.25, 0.3) is 0 Å². The average Bonchev–Trinajstić information content (AvgIpc) is 3.06. The van der Waals surface area contributed by atoms with Crippen LogP contribution in [0.15, 0.2) is 42.7 Å². The van der Waals surface area contributed by atoms with Crippen molar-refractivity contribution in [2.24, 2.45) is 0 Å². The van der Waals surface area contributed by atoms with Gasteiger partial charge in [0.15, 0.2) is 0 Å². The molecule has 5 heteroatoms. The molecule has 1 saturated heterocycles. The monoisotopic (exact) mass is 311 g/mol. The van der Waals surface area contributed by atoms with Gasteiger partial charge in [0.2, 0.25) is 0 Å². The van der Waals surface area contributed by atoms with E-state index in [0.717, 1.165) is 30.8 Å². The number of rotatable bonds is 5. The van der Waals surface area contributed by atoms with E-state index in [1.165, 1.54) is 5.56 Å². The molecule has 1 N–H and O–H groups in total. The second-order valence-electron chi connectivity index (χ2n) is 5.84. The first-order valence-corrected chi connectivity index (χ1v) is 8.05. The van der Waals surface area contributed by atoms with Crippen molar-refractivity contribution in [3.05, 3.63) is 59.7 Å². The molecule has 23 heavy (non-hydrogen) atoms. The maximum Gasteiger partial charge on any atom is 0.320 e. The van der Waals surface area contributed by atoms with Crippen LogP contribution in [0.4, 0.5) is 0 Å². The van der Waals surface area contributed by atoms with Crippen molar-refractivity contribution < 1.29 is 9.90 Å². The predicted molar refractivity (Wildman–Crippen MR) is 87.1 cm³/mol. The molecule has 0 aliphatic carbocycles. The number of pyridine rings is 2. The third kappa shape index (κ3) is 3.24. The minimum atomic E-state index is -0.770. The molecule has 0 amide bonds. The zero-order valence-corrected chi connectivity index (χ0v) is 13.2. The molecular formula is C18H21N3O2. The summed E-state index contributed by atoms with van der Waals surface area (Å²) in [6.07, 6.45) is 6.10. The summed E-state index contributed by atoms with van der Waals surface area (Å²) >= 11 is 0. The Balaban J connectivity index is 2.01. The van der Waals surface area contributed by atoms with Crippen LogP contribution in [-0.4, -0.2) is 38.5 Å². The van der Waals surface area contributed by atoms with E-state index >= 15 is 0 Å². The second kappa shape index (κ2) is 6.87. The zero-order chi connectivity index (χ0) is 16.2. The van der Waals surface area contributed by atoms with Gasteiger partial charge in [0.1, 0.15) is 6.04 Å². The Morgan fingerprint density at radius 1 is 1.30 bits per heavy atom. The first-order valence-electron chi connectivity index (χ1n) is 8.05. The summed E-state index contributed by atoms with van der Waals surface area (Å²) in [5, 5.41) is 9.53. The van der Waals surface area contributed by atoms with E-state index < -0.39 is 12.0 Å². The van der Waals surface area contributed by atoms with Crippen molar-refractivity contribution in [3.8, 4) is 0 Å². The molecule has 1 fully saturated rings. The number of aromatic nitrogens is 2. The summed E-state index contributed by atoms with van der Waals surface area (Å²) in [5.74, 6) is -0.770. The van der Waals surface area contributed by atoms with E-state index in [1.54, 1.807) is 6.20 Å². The number of likely N-dealkylation sites (tertiary alicyclic amines) is 1. The Kier molecular flexibility index (Phi) is 4.67. The van der Waals surface area contributed by atoms with Crippen molar-refractivity contribution >= 4 is 5.97 Å². The van der Waals surface area contributed by atoms with Gasteiger partial charge in [-0.25, -0.2) is 0 Å². The molecule has 3 rings (SSSR count). The molecule has 2 atom stereocenters. The summed E-state index contributed by atoms with van der Waals surface area (Å²) in [5.41, 5.74) is 2.87. The largest absolute Gasteiger partial charge is 0.480 e. The highest BCUT2D eigenvalue weighted by Crippen LogP contribution is 2.33. The summed E-state index contributed by atoms with van der Waals surface area (Å²) in [6.45, 7) is 2.84. The Bertz CT molecular complexity index is 658. The van der Waals surface area contributed by atoms with Crippen molar-refractivity contribution in [3.63, 3.8) is 0 Å². The van der Waals surface area contributed by atoms with Gasteiger partial charge in [-0.05, 0) is 43.0 Å². The van der Waals surface area contributed by atoms with Crippen LogP contribution in [0.5, 0.6) is 0 Å². The molecule has 0 aromatic carbocycles. The minimum absolute atomic E-state index is 0.217.